The van der Waals surface area contributed by atoms with Gasteiger partial charge >= 0.3 is 5.97 Å². The third-order valence-corrected chi connectivity index (χ3v) is 4.66. The lowest BCUT2D eigenvalue weighted by Gasteiger charge is -2.20. The summed E-state index contributed by atoms with van der Waals surface area (Å²) in [4.78, 5) is 24.1. The maximum Gasteiger partial charge on any atom is 0.323 e. The number of hydrogen-bond donors (Lipinski definition) is 1. The van der Waals surface area contributed by atoms with Crippen LogP contribution in [0.1, 0.15) is 26.2 Å². The van der Waals surface area contributed by atoms with Crippen LogP contribution < -0.4 is 4.90 Å². The average molecular weight is 327 g/mol. The van der Waals surface area contributed by atoms with Crippen LogP contribution in [-0.2, 0) is 19.4 Å². The predicted molar refractivity (Wildman–Crippen MR) is 84.6 cm³/mol. The minimum Gasteiger partial charge on any atom is -0.480 e. The van der Waals surface area contributed by atoms with Gasteiger partial charge in [0.2, 0.25) is 5.91 Å². The van der Waals surface area contributed by atoms with E-state index in [2.05, 4.69) is 0 Å². The fourth-order valence-corrected chi connectivity index (χ4v) is 3.30. The highest BCUT2D eigenvalue weighted by Gasteiger charge is 2.24. The normalized spacial score (nSPS) is 11.1. The Balaban J connectivity index is 2.82. The Hall–Kier alpha value is -1.89. The second kappa shape index (κ2) is 8.53. The number of anilines is 1. The first-order valence-electron chi connectivity index (χ1n) is 7.13. The Labute approximate surface area is 130 Å². The molecule has 0 saturated heterocycles. The largest absolute Gasteiger partial charge is 0.480 e. The molecule has 0 fully saturated rings. The summed E-state index contributed by atoms with van der Waals surface area (Å²) in [5.74, 6) is -2.63. The zero-order valence-corrected chi connectivity index (χ0v) is 13.4. The number of benzene rings is 1. The van der Waals surface area contributed by atoms with Gasteiger partial charge < -0.3 is 10.0 Å². The van der Waals surface area contributed by atoms with Crippen molar-refractivity contribution < 1.29 is 23.1 Å². The Bertz CT molecular complexity index is 598. The number of unbranched alkanes of at least 4 members (excludes halogenated alkanes) is 2. The Morgan fingerprint density at radius 1 is 1.14 bits per heavy atom. The molecule has 6 nitrogen and oxygen atoms in total. The van der Waals surface area contributed by atoms with E-state index in [9.17, 15) is 18.0 Å². The van der Waals surface area contributed by atoms with Crippen molar-refractivity contribution in [1.29, 1.82) is 0 Å². The van der Waals surface area contributed by atoms with Crippen LogP contribution in [0, 0.1) is 0 Å². The highest BCUT2D eigenvalue weighted by Crippen LogP contribution is 2.14. The molecule has 0 bridgehead atoms. The number of carboxylic acids is 1. The van der Waals surface area contributed by atoms with Crippen LogP contribution in [0.15, 0.2) is 30.3 Å². The quantitative estimate of drug-likeness (QED) is 0.697. The minimum atomic E-state index is -3.53. The molecule has 0 atom stereocenters. The van der Waals surface area contributed by atoms with E-state index in [0.717, 1.165) is 17.7 Å². The minimum absolute atomic E-state index is 0.0533. The van der Waals surface area contributed by atoms with Crippen LogP contribution in [0.2, 0.25) is 0 Å². The zero-order chi connectivity index (χ0) is 16.6. The molecule has 0 aliphatic rings. The number of carbonyl (C=O) groups is 2. The van der Waals surface area contributed by atoms with Gasteiger partial charge in [0.15, 0.2) is 9.84 Å². The molecule has 0 aliphatic heterocycles. The number of amides is 1. The maximum atomic E-state index is 12.2. The first-order chi connectivity index (χ1) is 10.4. The fraction of sp³-hybridized carbons (Fsp3) is 0.467. The maximum absolute atomic E-state index is 12.2. The van der Waals surface area contributed by atoms with Gasteiger partial charge in [-0.25, -0.2) is 8.42 Å². The van der Waals surface area contributed by atoms with E-state index in [0.29, 0.717) is 12.1 Å². The molecule has 0 unspecified atom stereocenters. The summed E-state index contributed by atoms with van der Waals surface area (Å²) in [6, 6.07) is 8.20. The van der Waals surface area contributed by atoms with Crippen molar-refractivity contribution in [3.05, 3.63) is 30.3 Å². The van der Waals surface area contributed by atoms with Crippen LogP contribution in [0.4, 0.5) is 5.69 Å². The van der Waals surface area contributed by atoms with E-state index in [4.69, 9.17) is 5.11 Å². The van der Waals surface area contributed by atoms with Gasteiger partial charge in [-0.2, -0.15) is 0 Å². The van der Waals surface area contributed by atoms with Crippen LogP contribution in [-0.4, -0.2) is 43.5 Å². The molecule has 0 radical (unpaired) electrons. The van der Waals surface area contributed by atoms with Gasteiger partial charge in [0.25, 0.3) is 0 Å². The number of sulfone groups is 1. The summed E-state index contributed by atoms with van der Waals surface area (Å²) in [6.07, 6.45) is 2.18. The van der Waals surface area contributed by atoms with Crippen molar-refractivity contribution in [3.63, 3.8) is 0 Å². The molecule has 0 saturated carbocycles. The first-order valence-corrected chi connectivity index (χ1v) is 8.95. The fourth-order valence-electron chi connectivity index (χ4n) is 1.98. The molecule has 1 N–H and O–H groups in total. The van der Waals surface area contributed by atoms with Gasteiger partial charge in [-0.3, -0.25) is 9.59 Å². The summed E-state index contributed by atoms with van der Waals surface area (Å²) >= 11 is 0. The first kappa shape index (κ1) is 18.2. The topological polar surface area (TPSA) is 91.8 Å². The van der Waals surface area contributed by atoms with Crippen molar-refractivity contribution in [3.8, 4) is 0 Å². The SMILES string of the molecule is CCCCCS(=O)(=O)CC(=O)N(CC(=O)O)c1ccccc1. The lowest BCUT2D eigenvalue weighted by molar-refractivity contribution is -0.136. The zero-order valence-electron chi connectivity index (χ0n) is 12.6. The molecule has 1 aromatic carbocycles. The van der Waals surface area contributed by atoms with E-state index in [-0.39, 0.29) is 5.75 Å². The monoisotopic (exact) mass is 327 g/mol. The van der Waals surface area contributed by atoms with E-state index >= 15 is 0 Å². The molecule has 1 rings (SSSR count). The highest BCUT2D eigenvalue weighted by molar-refractivity contribution is 7.92. The van der Waals surface area contributed by atoms with Crippen molar-refractivity contribution >= 4 is 27.4 Å². The highest BCUT2D eigenvalue weighted by atomic mass is 32.2. The summed E-state index contributed by atoms with van der Waals surface area (Å²) in [7, 11) is -3.53. The van der Waals surface area contributed by atoms with Crippen LogP contribution >= 0.6 is 0 Å². The number of hydrogen-bond acceptors (Lipinski definition) is 4. The molecular weight excluding hydrogens is 306 g/mol. The summed E-state index contributed by atoms with van der Waals surface area (Å²) in [5, 5.41) is 8.92. The van der Waals surface area contributed by atoms with E-state index in [1.165, 1.54) is 0 Å². The lowest BCUT2D eigenvalue weighted by atomic mass is 10.3. The summed E-state index contributed by atoms with van der Waals surface area (Å²) < 4.78 is 23.9. The third kappa shape index (κ3) is 6.26. The molecule has 0 aliphatic carbocycles. The predicted octanol–water partition coefficient (Wildman–Crippen LogP) is 1.71. The van der Waals surface area contributed by atoms with Crippen molar-refractivity contribution in [2.24, 2.45) is 0 Å². The number of rotatable bonds is 9. The van der Waals surface area contributed by atoms with Crippen molar-refractivity contribution in [2.75, 3.05) is 23.0 Å². The number of para-hydroxylation sites is 1. The summed E-state index contributed by atoms with van der Waals surface area (Å²) in [5.41, 5.74) is 0.374. The van der Waals surface area contributed by atoms with Crippen LogP contribution in [0.3, 0.4) is 0 Å². The van der Waals surface area contributed by atoms with Gasteiger partial charge in [0, 0.05) is 5.69 Å². The van der Waals surface area contributed by atoms with Gasteiger partial charge in [-0.15, -0.1) is 0 Å². The molecule has 122 valence electrons. The number of aliphatic carboxylic acids is 1. The van der Waals surface area contributed by atoms with Gasteiger partial charge in [-0.05, 0) is 18.6 Å². The smallest absolute Gasteiger partial charge is 0.323 e. The molecule has 0 spiro atoms. The van der Waals surface area contributed by atoms with Crippen LogP contribution in [0.25, 0.3) is 0 Å². The molecular formula is C15H21NO5S. The Kier molecular flexibility index (Phi) is 7.04. The van der Waals surface area contributed by atoms with Gasteiger partial charge in [0.1, 0.15) is 12.3 Å². The molecule has 0 heterocycles. The van der Waals surface area contributed by atoms with Crippen molar-refractivity contribution in [2.45, 2.75) is 26.2 Å². The third-order valence-electron chi connectivity index (χ3n) is 3.06. The average Bonchev–Trinajstić information content (AvgIpc) is 2.45. The summed E-state index contributed by atoms with van der Waals surface area (Å²) in [6.45, 7) is 1.40. The van der Waals surface area contributed by atoms with E-state index < -0.39 is 34.0 Å². The number of carboxylic acid groups (broad SMARTS) is 1. The molecule has 22 heavy (non-hydrogen) atoms. The second-order valence-electron chi connectivity index (χ2n) is 5.01. The van der Waals surface area contributed by atoms with Crippen LogP contribution in [0.5, 0.6) is 0 Å². The van der Waals surface area contributed by atoms with Gasteiger partial charge in [0.05, 0.1) is 5.75 Å². The standard InChI is InChI=1S/C15H21NO5S/c1-2-3-7-10-22(20,21)12-14(17)16(11-15(18)19)13-8-5-4-6-9-13/h4-6,8-9H,2-3,7,10-12H2,1H3,(H,18,19). The van der Waals surface area contributed by atoms with Gasteiger partial charge in [-0.1, -0.05) is 38.0 Å². The second-order valence-corrected chi connectivity index (χ2v) is 7.19. The molecule has 1 amide bonds. The lowest BCUT2D eigenvalue weighted by Crippen LogP contribution is -2.39. The number of carbonyl (C=O) groups excluding carboxylic acids is 1. The Morgan fingerprint density at radius 3 is 2.32 bits per heavy atom. The number of nitrogens with zero attached hydrogens (tertiary/aromatic N) is 1. The molecule has 7 heteroatoms. The molecule has 0 aromatic heterocycles. The Morgan fingerprint density at radius 2 is 1.77 bits per heavy atom. The molecule has 1 aromatic rings. The van der Waals surface area contributed by atoms with E-state index in [1.54, 1.807) is 30.3 Å². The van der Waals surface area contributed by atoms with Crippen molar-refractivity contribution in [1.82, 2.24) is 0 Å². The van der Waals surface area contributed by atoms with E-state index in [1.807, 2.05) is 6.92 Å².